The fourth-order valence-corrected chi connectivity index (χ4v) is 3.54. The second kappa shape index (κ2) is 9.99. The van der Waals surface area contributed by atoms with E-state index < -0.39 is 23.4 Å². The Balaban J connectivity index is 1.93. The van der Waals surface area contributed by atoms with E-state index in [0.29, 0.717) is 0 Å². The smallest absolute Gasteiger partial charge is 0.383 e. The van der Waals surface area contributed by atoms with Crippen molar-refractivity contribution < 1.29 is 27.5 Å². The average molecular weight is 459 g/mol. The molecule has 0 unspecified atom stereocenters. The number of amides is 1. The Kier molecular flexibility index (Phi) is 7.33. The lowest BCUT2D eigenvalue weighted by atomic mass is 10.1. The second-order valence-electron chi connectivity index (χ2n) is 7.54. The summed E-state index contributed by atoms with van der Waals surface area (Å²) < 4.78 is 45.7. The van der Waals surface area contributed by atoms with Gasteiger partial charge in [0.05, 0.1) is 34.8 Å². The van der Waals surface area contributed by atoms with E-state index in [4.69, 9.17) is 4.74 Å². The largest absolute Gasteiger partial charge is 0.416 e. The molecule has 0 aliphatic carbocycles. The van der Waals surface area contributed by atoms with Crippen LogP contribution in [0.2, 0.25) is 0 Å². The SMILES string of the molecule is COCCN(Cc1ccccc1)C(=O)C(=O)c1c(C)nn(-c2cccc(C(F)(F)F)c2)c1C. The topological polar surface area (TPSA) is 64.4 Å². The molecule has 6 nitrogen and oxygen atoms in total. The van der Waals surface area contributed by atoms with Crippen LogP contribution in [0.5, 0.6) is 0 Å². The molecule has 3 aromatic rings. The third-order valence-electron chi connectivity index (χ3n) is 5.20. The highest BCUT2D eigenvalue weighted by Gasteiger charge is 2.32. The standard InChI is InChI=1S/C24H24F3N3O3/c1-16-21(17(2)30(28-16)20-11-7-10-19(14-20)24(25,26)27)22(31)23(32)29(12-13-33-3)15-18-8-5-4-6-9-18/h4-11,14H,12-13,15H2,1-3H3. The first-order valence-electron chi connectivity index (χ1n) is 10.2. The Morgan fingerprint density at radius 2 is 1.76 bits per heavy atom. The van der Waals surface area contributed by atoms with E-state index in [1.165, 1.54) is 28.8 Å². The molecule has 33 heavy (non-hydrogen) atoms. The van der Waals surface area contributed by atoms with Crippen molar-refractivity contribution in [3.63, 3.8) is 0 Å². The van der Waals surface area contributed by atoms with Gasteiger partial charge in [0.25, 0.3) is 11.7 Å². The van der Waals surface area contributed by atoms with Gasteiger partial charge in [-0.05, 0) is 37.6 Å². The Labute approximate surface area is 189 Å². The molecular formula is C24H24F3N3O3. The lowest BCUT2D eigenvalue weighted by Gasteiger charge is -2.22. The highest BCUT2D eigenvalue weighted by Crippen LogP contribution is 2.31. The van der Waals surface area contributed by atoms with Crippen LogP contribution in [0.3, 0.4) is 0 Å². The zero-order chi connectivity index (χ0) is 24.2. The molecule has 0 fully saturated rings. The minimum atomic E-state index is -4.51. The van der Waals surface area contributed by atoms with E-state index >= 15 is 0 Å². The van der Waals surface area contributed by atoms with Gasteiger partial charge in [-0.3, -0.25) is 9.59 Å². The summed E-state index contributed by atoms with van der Waals surface area (Å²) in [6.07, 6.45) is -4.51. The normalized spacial score (nSPS) is 11.5. The van der Waals surface area contributed by atoms with Gasteiger partial charge in [-0.2, -0.15) is 18.3 Å². The van der Waals surface area contributed by atoms with Crippen LogP contribution in [0, 0.1) is 13.8 Å². The van der Waals surface area contributed by atoms with Crippen molar-refractivity contribution in [2.45, 2.75) is 26.6 Å². The number of ether oxygens (including phenoxy) is 1. The summed E-state index contributed by atoms with van der Waals surface area (Å²) in [7, 11) is 1.50. The third-order valence-corrected chi connectivity index (χ3v) is 5.20. The van der Waals surface area contributed by atoms with Crippen molar-refractivity contribution in [3.8, 4) is 5.69 Å². The van der Waals surface area contributed by atoms with Gasteiger partial charge < -0.3 is 9.64 Å². The van der Waals surface area contributed by atoms with Gasteiger partial charge in [-0.15, -0.1) is 0 Å². The summed E-state index contributed by atoms with van der Waals surface area (Å²) in [4.78, 5) is 27.7. The highest BCUT2D eigenvalue weighted by atomic mass is 19.4. The van der Waals surface area contributed by atoms with Crippen LogP contribution in [-0.2, 0) is 22.3 Å². The predicted octanol–water partition coefficient (Wildman–Crippen LogP) is 4.37. The number of rotatable bonds is 8. The van der Waals surface area contributed by atoms with E-state index in [1.54, 1.807) is 13.8 Å². The summed E-state index contributed by atoms with van der Waals surface area (Å²) in [6.45, 7) is 3.77. The van der Waals surface area contributed by atoms with Crippen LogP contribution in [0.4, 0.5) is 13.2 Å². The molecule has 1 heterocycles. The van der Waals surface area contributed by atoms with Crippen molar-refractivity contribution in [3.05, 3.63) is 82.7 Å². The minimum Gasteiger partial charge on any atom is -0.383 e. The number of nitrogens with zero attached hydrogens (tertiary/aromatic N) is 3. The van der Waals surface area contributed by atoms with Crippen LogP contribution in [0.25, 0.3) is 5.69 Å². The first-order chi connectivity index (χ1) is 15.6. The van der Waals surface area contributed by atoms with Gasteiger partial charge >= 0.3 is 6.18 Å². The Bertz CT molecular complexity index is 1140. The number of Topliss-reactive ketones (excluding diaryl/α,β-unsaturated/α-hetero) is 1. The lowest BCUT2D eigenvalue weighted by Crippen LogP contribution is -2.38. The lowest BCUT2D eigenvalue weighted by molar-refractivity contribution is -0.137. The number of ketones is 1. The maximum atomic E-state index is 13.2. The first-order valence-corrected chi connectivity index (χ1v) is 10.2. The molecule has 9 heteroatoms. The number of benzene rings is 2. The molecule has 1 aromatic heterocycles. The molecule has 3 rings (SSSR count). The maximum Gasteiger partial charge on any atom is 0.416 e. The van der Waals surface area contributed by atoms with Gasteiger partial charge in [-0.1, -0.05) is 36.4 Å². The van der Waals surface area contributed by atoms with Crippen molar-refractivity contribution in [1.82, 2.24) is 14.7 Å². The van der Waals surface area contributed by atoms with Crippen LogP contribution >= 0.6 is 0 Å². The quantitative estimate of drug-likeness (QED) is 0.371. The maximum absolute atomic E-state index is 13.2. The molecule has 0 aliphatic heterocycles. The number of aryl methyl sites for hydroxylation is 1. The summed E-state index contributed by atoms with van der Waals surface area (Å²) in [5, 5.41) is 4.25. The molecule has 1 amide bonds. The molecule has 0 saturated carbocycles. The van der Waals surface area contributed by atoms with Gasteiger partial charge in [0.15, 0.2) is 0 Å². The van der Waals surface area contributed by atoms with Crippen molar-refractivity contribution in [2.24, 2.45) is 0 Å². The zero-order valence-electron chi connectivity index (χ0n) is 18.5. The Morgan fingerprint density at radius 3 is 2.39 bits per heavy atom. The van der Waals surface area contributed by atoms with Gasteiger partial charge in [-0.25, -0.2) is 4.68 Å². The van der Waals surface area contributed by atoms with Crippen molar-refractivity contribution >= 4 is 11.7 Å². The summed E-state index contributed by atoms with van der Waals surface area (Å²) in [6, 6.07) is 13.9. The predicted molar refractivity (Wildman–Crippen MR) is 116 cm³/mol. The second-order valence-corrected chi connectivity index (χ2v) is 7.54. The molecule has 0 saturated heterocycles. The minimum absolute atomic E-state index is 0.0768. The number of hydrogen-bond donors (Lipinski definition) is 0. The molecule has 0 N–H and O–H groups in total. The fraction of sp³-hybridized carbons (Fsp3) is 0.292. The summed E-state index contributed by atoms with van der Waals surface area (Å²) in [5.74, 6) is -1.50. The molecular weight excluding hydrogens is 435 g/mol. The number of alkyl halides is 3. The van der Waals surface area contributed by atoms with Crippen LogP contribution in [0.15, 0.2) is 54.6 Å². The number of aromatic nitrogens is 2. The van der Waals surface area contributed by atoms with Crippen LogP contribution in [-0.4, -0.2) is 46.6 Å². The van der Waals surface area contributed by atoms with Gasteiger partial charge in [0, 0.05) is 20.2 Å². The highest BCUT2D eigenvalue weighted by molar-refractivity contribution is 6.43. The van der Waals surface area contributed by atoms with Crippen molar-refractivity contribution in [1.29, 1.82) is 0 Å². The first kappa shape index (κ1) is 24.2. The van der Waals surface area contributed by atoms with E-state index in [2.05, 4.69) is 5.10 Å². The van der Waals surface area contributed by atoms with Crippen LogP contribution in [0.1, 0.15) is 32.9 Å². The molecule has 0 spiro atoms. The van der Waals surface area contributed by atoms with E-state index in [-0.39, 0.29) is 42.3 Å². The third kappa shape index (κ3) is 5.48. The Hall–Kier alpha value is -3.46. The van der Waals surface area contributed by atoms with Crippen molar-refractivity contribution in [2.75, 3.05) is 20.3 Å². The number of methoxy groups -OCH3 is 1. The number of hydrogen-bond acceptors (Lipinski definition) is 4. The molecule has 174 valence electrons. The average Bonchev–Trinajstić information content (AvgIpc) is 3.09. The molecule has 2 aromatic carbocycles. The summed E-state index contributed by atoms with van der Waals surface area (Å²) >= 11 is 0. The number of carbonyl (C=O) groups excluding carboxylic acids is 2. The number of halogens is 3. The summed E-state index contributed by atoms with van der Waals surface area (Å²) in [5.41, 5.74) is 0.796. The molecule has 0 aliphatic rings. The van der Waals surface area contributed by atoms with Crippen LogP contribution < -0.4 is 0 Å². The Morgan fingerprint density at radius 1 is 1.06 bits per heavy atom. The molecule has 0 atom stereocenters. The van der Waals surface area contributed by atoms with E-state index in [0.717, 1.165) is 17.7 Å². The monoisotopic (exact) mass is 459 g/mol. The van der Waals surface area contributed by atoms with E-state index in [9.17, 15) is 22.8 Å². The van der Waals surface area contributed by atoms with Gasteiger partial charge in [0.2, 0.25) is 0 Å². The van der Waals surface area contributed by atoms with E-state index in [1.807, 2.05) is 30.3 Å². The zero-order valence-corrected chi connectivity index (χ0v) is 18.5. The molecule has 0 bridgehead atoms. The number of carbonyl (C=O) groups is 2. The fourth-order valence-electron chi connectivity index (χ4n) is 3.54. The molecule has 0 radical (unpaired) electrons. The van der Waals surface area contributed by atoms with Gasteiger partial charge in [0.1, 0.15) is 0 Å².